The van der Waals surface area contributed by atoms with E-state index in [9.17, 15) is 4.79 Å². The summed E-state index contributed by atoms with van der Waals surface area (Å²) in [6.07, 6.45) is 5.19. The number of carbonyl (C=O) groups is 1. The molecule has 4 heteroatoms. The Balaban J connectivity index is 1.42. The number of nitrogens with two attached hydrogens (primary N) is 1. The molecule has 1 saturated carbocycles. The average molecular weight is 364 g/mol. The molecular formula is C23H29N3O. The molecule has 2 aromatic carbocycles. The highest BCUT2D eigenvalue weighted by molar-refractivity contribution is 5.94. The first kappa shape index (κ1) is 18.2. The monoisotopic (exact) mass is 363 g/mol. The lowest BCUT2D eigenvalue weighted by molar-refractivity contribution is 0.0938. The molecule has 0 aromatic heterocycles. The molecule has 1 atom stereocenters. The molecule has 3 N–H and O–H groups in total. The van der Waals surface area contributed by atoms with Gasteiger partial charge in [-0.25, -0.2) is 0 Å². The predicted octanol–water partition coefficient (Wildman–Crippen LogP) is 3.24. The molecule has 1 saturated heterocycles. The van der Waals surface area contributed by atoms with Crippen LogP contribution >= 0.6 is 0 Å². The third kappa shape index (κ3) is 4.07. The number of nitrogens with zero attached hydrogens (tertiary/aromatic N) is 1. The molecule has 1 heterocycles. The molecule has 0 spiro atoms. The van der Waals surface area contributed by atoms with E-state index in [0.29, 0.717) is 17.5 Å². The Bertz CT molecular complexity index is 762. The second kappa shape index (κ2) is 7.83. The topological polar surface area (TPSA) is 58.4 Å². The van der Waals surface area contributed by atoms with Crippen LogP contribution in [-0.4, -0.2) is 37.0 Å². The van der Waals surface area contributed by atoms with E-state index in [1.165, 1.54) is 50.9 Å². The highest BCUT2D eigenvalue weighted by Crippen LogP contribution is 2.49. The molecule has 1 aliphatic carbocycles. The number of likely N-dealkylation sites (tertiary alicyclic amines) is 1. The van der Waals surface area contributed by atoms with Crippen molar-refractivity contribution in [3.63, 3.8) is 0 Å². The Kier molecular flexibility index (Phi) is 5.28. The number of hydrogen-bond donors (Lipinski definition) is 2. The van der Waals surface area contributed by atoms with Gasteiger partial charge in [-0.05, 0) is 62.0 Å². The molecule has 1 aliphatic heterocycles. The lowest BCUT2D eigenvalue weighted by Gasteiger charge is -2.23. The van der Waals surface area contributed by atoms with Gasteiger partial charge >= 0.3 is 0 Å². The Morgan fingerprint density at radius 3 is 2.30 bits per heavy atom. The number of amides is 1. The summed E-state index contributed by atoms with van der Waals surface area (Å²) in [7, 11) is 0. The van der Waals surface area contributed by atoms with Gasteiger partial charge in [-0.1, -0.05) is 42.5 Å². The van der Waals surface area contributed by atoms with Crippen LogP contribution in [0.2, 0.25) is 0 Å². The number of benzene rings is 2. The van der Waals surface area contributed by atoms with Gasteiger partial charge in [0, 0.05) is 24.1 Å². The first-order valence-electron chi connectivity index (χ1n) is 10.1. The zero-order valence-corrected chi connectivity index (χ0v) is 15.9. The molecule has 0 bridgehead atoms. The molecule has 4 rings (SSSR count). The van der Waals surface area contributed by atoms with Crippen LogP contribution in [0.1, 0.15) is 53.2 Å². The Morgan fingerprint density at radius 1 is 1.04 bits per heavy atom. The van der Waals surface area contributed by atoms with E-state index >= 15 is 0 Å². The van der Waals surface area contributed by atoms with E-state index in [1.54, 1.807) is 0 Å². The second-order valence-electron chi connectivity index (χ2n) is 8.01. The van der Waals surface area contributed by atoms with Crippen LogP contribution in [0.15, 0.2) is 54.6 Å². The fourth-order valence-corrected chi connectivity index (χ4v) is 4.24. The smallest absolute Gasteiger partial charge is 0.251 e. The fraction of sp³-hybridized carbons (Fsp3) is 0.435. The third-order valence-electron chi connectivity index (χ3n) is 6.08. The van der Waals surface area contributed by atoms with Crippen molar-refractivity contribution in [3.05, 3.63) is 71.3 Å². The maximum atomic E-state index is 12.7. The van der Waals surface area contributed by atoms with Crippen LogP contribution in [0.4, 0.5) is 0 Å². The van der Waals surface area contributed by atoms with Crippen LogP contribution in [0.25, 0.3) is 0 Å². The van der Waals surface area contributed by atoms with Crippen molar-refractivity contribution < 1.29 is 4.79 Å². The minimum atomic E-state index is -0.164. The van der Waals surface area contributed by atoms with E-state index < -0.39 is 0 Å². The lowest BCUT2D eigenvalue weighted by Crippen LogP contribution is -2.33. The zero-order valence-electron chi connectivity index (χ0n) is 15.9. The van der Waals surface area contributed by atoms with Gasteiger partial charge in [-0.15, -0.1) is 0 Å². The molecular weight excluding hydrogens is 334 g/mol. The SMILES string of the molecule is NCC(NC(=O)c1ccc(C2(CN3CCCC3)CC2)cc1)c1ccccc1. The normalized spacial score (nSPS) is 19.6. The third-order valence-corrected chi connectivity index (χ3v) is 6.08. The van der Waals surface area contributed by atoms with Crippen molar-refractivity contribution in [1.29, 1.82) is 0 Å². The molecule has 4 nitrogen and oxygen atoms in total. The van der Waals surface area contributed by atoms with Crippen LogP contribution in [0.5, 0.6) is 0 Å². The molecule has 0 radical (unpaired) electrons. The standard InChI is InChI=1S/C23H29N3O/c24-16-21(18-6-2-1-3-7-18)25-22(27)19-8-10-20(11-9-19)23(12-13-23)17-26-14-4-5-15-26/h1-3,6-11,21H,4-5,12-17,24H2,(H,25,27). The highest BCUT2D eigenvalue weighted by Gasteiger charge is 2.45. The van der Waals surface area contributed by atoms with Gasteiger partial charge in [-0.2, -0.15) is 0 Å². The summed E-state index contributed by atoms with van der Waals surface area (Å²) in [5.74, 6) is -0.0646. The summed E-state index contributed by atoms with van der Waals surface area (Å²) >= 11 is 0. The molecule has 2 aliphatic rings. The van der Waals surface area contributed by atoms with E-state index in [1.807, 2.05) is 42.5 Å². The zero-order chi connectivity index (χ0) is 18.7. The number of rotatable bonds is 7. The lowest BCUT2D eigenvalue weighted by atomic mass is 9.94. The molecule has 2 fully saturated rings. The van der Waals surface area contributed by atoms with Crippen LogP contribution < -0.4 is 11.1 Å². The Morgan fingerprint density at radius 2 is 1.70 bits per heavy atom. The van der Waals surface area contributed by atoms with E-state index in [2.05, 4.69) is 22.3 Å². The van der Waals surface area contributed by atoms with Gasteiger partial charge in [-0.3, -0.25) is 4.79 Å². The number of nitrogens with one attached hydrogen (secondary N) is 1. The van der Waals surface area contributed by atoms with Crippen molar-refractivity contribution in [1.82, 2.24) is 10.2 Å². The van der Waals surface area contributed by atoms with Crippen LogP contribution in [0.3, 0.4) is 0 Å². The summed E-state index contributed by atoms with van der Waals surface area (Å²) in [4.78, 5) is 15.3. The van der Waals surface area contributed by atoms with E-state index in [4.69, 9.17) is 5.73 Å². The van der Waals surface area contributed by atoms with E-state index in [-0.39, 0.29) is 11.9 Å². The second-order valence-corrected chi connectivity index (χ2v) is 8.01. The first-order valence-corrected chi connectivity index (χ1v) is 10.1. The molecule has 2 aromatic rings. The summed E-state index contributed by atoms with van der Waals surface area (Å²) < 4.78 is 0. The summed E-state index contributed by atoms with van der Waals surface area (Å²) in [6, 6.07) is 18.0. The Hall–Kier alpha value is -2.17. The summed E-state index contributed by atoms with van der Waals surface area (Å²) in [5, 5.41) is 3.06. The van der Waals surface area contributed by atoms with Gasteiger partial charge in [0.15, 0.2) is 0 Å². The van der Waals surface area contributed by atoms with E-state index in [0.717, 1.165) is 5.56 Å². The number of hydrogen-bond acceptors (Lipinski definition) is 3. The van der Waals surface area contributed by atoms with Gasteiger partial charge < -0.3 is 16.0 Å². The van der Waals surface area contributed by atoms with Crippen LogP contribution in [0, 0.1) is 0 Å². The summed E-state index contributed by atoms with van der Waals surface area (Å²) in [6.45, 7) is 4.03. The Labute approximate surface area is 161 Å². The van der Waals surface area contributed by atoms with Gasteiger partial charge in [0.2, 0.25) is 0 Å². The number of carbonyl (C=O) groups excluding carboxylic acids is 1. The average Bonchev–Trinajstić information content (AvgIpc) is 3.32. The molecule has 1 unspecified atom stereocenters. The van der Waals surface area contributed by atoms with Gasteiger partial charge in [0.1, 0.15) is 0 Å². The highest BCUT2D eigenvalue weighted by atomic mass is 16.1. The van der Waals surface area contributed by atoms with Crippen molar-refractivity contribution in [3.8, 4) is 0 Å². The summed E-state index contributed by atoms with van der Waals surface area (Å²) in [5.41, 5.74) is 9.31. The minimum Gasteiger partial charge on any atom is -0.344 e. The van der Waals surface area contributed by atoms with Crippen molar-refractivity contribution in [2.24, 2.45) is 5.73 Å². The predicted molar refractivity (Wildman–Crippen MR) is 109 cm³/mol. The van der Waals surface area contributed by atoms with Crippen molar-refractivity contribution >= 4 is 5.91 Å². The molecule has 142 valence electrons. The maximum Gasteiger partial charge on any atom is 0.251 e. The minimum absolute atomic E-state index is 0.0646. The van der Waals surface area contributed by atoms with Crippen molar-refractivity contribution in [2.75, 3.05) is 26.2 Å². The molecule has 27 heavy (non-hydrogen) atoms. The molecule has 1 amide bonds. The maximum absolute atomic E-state index is 12.7. The fourth-order valence-electron chi connectivity index (χ4n) is 4.24. The first-order chi connectivity index (χ1) is 13.2. The van der Waals surface area contributed by atoms with Crippen LogP contribution in [-0.2, 0) is 5.41 Å². The van der Waals surface area contributed by atoms with Gasteiger partial charge in [0.05, 0.1) is 6.04 Å². The quantitative estimate of drug-likeness (QED) is 0.794. The van der Waals surface area contributed by atoms with Gasteiger partial charge in [0.25, 0.3) is 5.91 Å². The van der Waals surface area contributed by atoms with Crippen molar-refractivity contribution in [2.45, 2.75) is 37.1 Å². The largest absolute Gasteiger partial charge is 0.344 e.